The number of halogens is 5. The fraction of sp³-hybridized carbons (Fsp3) is 0.467. The SMILES string of the molecule is C[Si](C)(C)CCOCn1c(C(F)(F)F)c(I)c2cc(Br)ccc21. The smallest absolute Gasteiger partial charge is 0.361 e. The van der Waals surface area contributed by atoms with Crippen LogP contribution in [-0.4, -0.2) is 19.2 Å². The van der Waals surface area contributed by atoms with Gasteiger partial charge in [0.15, 0.2) is 0 Å². The number of hydrogen-bond acceptors (Lipinski definition) is 1. The first-order valence-corrected chi connectivity index (χ1v) is 12.7. The largest absolute Gasteiger partial charge is 0.432 e. The molecule has 128 valence electrons. The van der Waals surface area contributed by atoms with E-state index in [9.17, 15) is 13.2 Å². The minimum Gasteiger partial charge on any atom is -0.361 e. The molecule has 1 heterocycles. The average Bonchev–Trinajstić information content (AvgIpc) is 2.66. The molecule has 0 atom stereocenters. The zero-order valence-electron chi connectivity index (χ0n) is 13.1. The average molecular weight is 520 g/mol. The Balaban J connectivity index is 2.37. The van der Waals surface area contributed by atoms with Crippen LogP contribution in [-0.2, 0) is 17.6 Å². The molecule has 2 rings (SSSR count). The van der Waals surface area contributed by atoms with E-state index in [1.807, 2.05) is 0 Å². The van der Waals surface area contributed by atoms with Crippen LogP contribution >= 0.6 is 38.5 Å². The third kappa shape index (κ3) is 4.73. The van der Waals surface area contributed by atoms with Crippen molar-refractivity contribution in [1.82, 2.24) is 4.57 Å². The highest BCUT2D eigenvalue weighted by molar-refractivity contribution is 14.1. The van der Waals surface area contributed by atoms with E-state index in [-0.39, 0.29) is 10.3 Å². The summed E-state index contributed by atoms with van der Waals surface area (Å²) < 4.78 is 48.1. The van der Waals surface area contributed by atoms with Gasteiger partial charge in [0.2, 0.25) is 0 Å². The molecule has 0 amide bonds. The monoisotopic (exact) mass is 519 g/mol. The van der Waals surface area contributed by atoms with Crippen molar-refractivity contribution in [2.24, 2.45) is 0 Å². The molecule has 0 spiro atoms. The number of alkyl halides is 3. The molecule has 23 heavy (non-hydrogen) atoms. The van der Waals surface area contributed by atoms with Gasteiger partial charge in [0.25, 0.3) is 0 Å². The summed E-state index contributed by atoms with van der Waals surface area (Å²) in [6.07, 6.45) is -4.41. The van der Waals surface area contributed by atoms with E-state index in [2.05, 4.69) is 35.6 Å². The molecule has 2 nitrogen and oxygen atoms in total. The molecule has 1 aromatic carbocycles. The van der Waals surface area contributed by atoms with Crippen LogP contribution in [0.2, 0.25) is 25.7 Å². The maximum Gasteiger partial charge on any atom is 0.432 e. The summed E-state index contributed by atoms with van der Waals surface area (Å²) in [7, 11) is -1.27. The highest BCUT2D eigenvalue weighted by Gasteiger charge is 2.38. The minimum absolute atomic E-state index is 0.0829. The quantitative estimate of drug-likeness (QED) is 0.255. The summed E-state index contributed by atoms with van der Waals surface area (Å²) >= 11 is 5.08. The van der Waals surface area contributed by atoms with Gasteiger partial charge in [-0.2, -0.15) is 13.2 Å². The second-order valence-electron chi connectivity index (χ2n) is 6.60. The molecule has 0 aliphatic heterocycles. The van der Waals surface area contributed by atoms with Gasteiger partial charge in [-0.3, -0.25) is 0 Å². The van der Waals surface area contributed by atoms with E-state index >= 15 is 0 Å². The Hall–Kier alpha value is -0.0631. The molecule has 0 aliphatic carbocycles. The van der Waals surface area contributed by atoms with Crippen LogP contribution in [0.3, 0.4) is 0 Å². The Bertz CT molecular complexity index is 709. The minimum atomic E-state index is -4.41. The van der Waals surface area contributed by atoms with Gasteiger partial charge in [-0.25, -0.2) is 0 Å². The van der Waals surface area contributed by atoms with Gasteiger partial charge in [0.1, 0.15) is 12.4 Å². The Morgan fingerprint density at radius 2 is 1.91 bits per heavy atom. The van der Waals surface area contributed by atoms with E-state index in [4.69, 9.17) is 4.74 Å². The lowest BCUT2D eigenvalue weighted by atomic mass is 10.2. The number of nitrogens with zero attached hydrogens (tertiary/aromatic N) is 1. The van der Waals surface area contributed by atoms with Crippen LogP contribution in [0.4, 0.5) is 13.2 Å². The van der Waals surface area contributed by atoms with Crippen molar-refractivity contribution < 1.29 is 17.9 Å². The first-order valence-electron chi connectivity index (χ1n) is 7.13. The Kier molecular flexibility index (Phi) is 5.90. The Labute approximate surface area is 156 Å². The number of hydrogen-bond donors (Lipinski definition) is 0. The molecule has 1 aromatic heterocycles. The van der Waals surface area contributed by atoms with Gasteiger partial charge in [0.05, 0.1) is 9.09 Å². The van der Waals surface area contributed by atoms with Crippen molar-refractivity contribution in [3.05, 3.63) is 31.9 Å². The third-order valence-electron chi connectivity index (χ3n) is 3.45. The van der Waals surface area contributed by atoms with Gasteiger partial charge < -0.3 is 9.30 Å². The zero-order chi connectivity index (χ0) is 17.4. The maximum atomic E-state index is 13.5. The molecular weight excluding hydrogens is 502 g/mol. The third-order valence-corrected chi connectivity index (χ3v) is 6.74. The topological polar surface area (TPSA) is 14.2 Å². The van der Waals surface area contributed by atoms with Crippen molar-refractivity contribution in [2.45, 2.75) is 38.6 Å². The summed E-state index contributed by atoms with van der Waals surface area (Å²) in [5.74, 6) is 0. The molecule has 0 fully saturated rings. The molecule has 0 radical (unpaired) electrons. The van der Waals surface area contributed by atoms with E-state index in [1.54, 1.807) is 40.8 Å². The van der Waals surface area contributed by atoms with Gasteiger partial charge in [-0.15, -0.1) is 0 Å². The molecule has 0 bridgehead atoms. The zero-order valence-corrected chi connectivity index (χ0v) is 17.8. The van der Waals surface area contributed by atoms with E-state index in [0.717, 1.165) is 10.5 Å². The Morgan fingerprint density at radius 3 is 2.48 bits per heavy atom. The summed E-state index contributed by atoms with van der Waals surface area (Å²) in [4.78, 5) is 0. The maximum absolute atomic E-state index is 13.5. The van der Waals surface area contributed by atoms with Crippen molar-refractivity contribution >= 4 is 57.5 Å². The van der Waals surface area contributed by atoms with Crippen LogP contribution in [0, 0.1) is 3.57 Å². The molecular formula is C15H18BrF3INOSi. The molecule has 0 saturated carbocycles. The second kappa shape index (κ2) is 7.05. The predicted molar refractivity (Wildman–Crippen MR) is 101 cm³/mol. The van der Waals surface area contributed by atoms with E-state index < -0.39 is 19.9 Å². The van der Waals surface area contributed by atoms with Crippen LogP contribution in [0.25, 0.3) is 10.9 Å². The normalized spacial score (nSPS) is 13.0. The van der Waals surface area contributed by atoms with Gasteiger partial charge >= 0.3 is 6.18 Å². The molecule has 2 aromatic rings. The highest BCUT2D eigenvalue weighted by atomic mass is 127. The number of benzene rings is 1. The molecule has 0 N–H and O–H groups in total. The fourth-order valence-electron chi connectivity index (χ4n) is 2.23. The number of ether oxygens (including phenoxy) is 1. The fourth-order valence-corrected chi connectivity index (χ4v) is 4.38. The first kappa shape index (κ1) is 19.3. The number of fused-ring (bicyclic) bond motifs is 1. The van der Waals surface area contributed by atoms with Crippen molar-refractivity contribution in [3.8, 4) is 0 Å². The van der Waals surface area contributed by atoms with Crippen LogP contribution in [0.5, 0.6) is 0 Å². The molecule has 0 saturated heterocycles. The lowest BCUT2D eigenvalue weighted by Gasteiger charge is -2.17. The second-order valence-corrected chi connectivity index (χ2v) is 14.2. The van der Waals surface area contributed by atoms with Crippen LogP contribution in [0.15, 0.2) is 22.7 Å². The molecule has 8 heteroatoms. The lowest BCUT2D eigenvalue weighted by molar-refractivity contribution is -0.146. The Morgan fingerprint density at radius 1 is 1.26 bits per heavy atom. The van der Waals surface area contributed by atoms with E-state index in [0.29, 0.717) is 17.5 Å². The number of aromatic nitrogens is 1. The molecule has 0 unspecified atom stereocenters. The van der Waals surface area contributed by atoms with Gasteiger partial charge in [0, 0.05) is 24.5 Å². The lowest BCUT2D eigenvalue weighted by Crippen LogP contribution is -2.22. The standard InChI is InChI=1S/C15H18BrF3INOSi/c1-23(2,3)7-6-22-9-21-12-5-4-10(16)8-11(12)13(20)14(21)15(17,18)19/h4-5,8H,6-7,9H2,1-3H3. The van der Waals surface area contributed by atoms with Crippen molar-refractivity contribution in [1.29, 1.82) is 0 Å². The summed E-state index contributed by atoms with van der Waals surface area (Å²) in [5.41, 5.74) is -0.0999. The van der Waals surface area contributed by atoms with Gasteiger partial charge in [-0.05, 0) is 46.8 Å². The summed E-state index contributed by atoms with van der Waals surface area (Å²) in [6.45, 7) is 7.04. The summed E-state index contributed by atoms with van der Waals surface area (Å²) in [5, 5.41) is 0.584. The van der Waals surface area contributed by atoms with Crippen LogP contribution < -0.4 is 0 Å². The highest BCUT2D eigenvalue weighted by Crippen LogP contribution is 2.39. The molecule has 0 aliphatic rings. The van der Waals surface area contributed by atoms with Crippen LogP contribution in [0.1, 0.15) is 5.69 Å². The first-order chi connectivity index (χ1) is 10.5. The number of rotatable bonds is 5. The van der Waals surface area contributed by atoms with Crippen molar-refractivity contribution in [2.75, 3.05) is 6.61 Å². The predicted octanol–water partition coefficient (Wildman–Crippen LogP) is 6.34. The van der Waals surface area contributed by atoms with Gasteiger partial charge in [-0.1, -0.05) is 35.6 Å². The van der Waals surface area contributed by atoms with Crippen molar-refractivity contribution in [3.63, 3.8) is 0 Å². The van der Waals surface area contributed by atoms with E-state index in [1.165, 1.54) is 4.57 Å². The summed E-state index contributed by atoms with van der Waals surface area (Å²) in [6, 6.07) is 6.08.